The molecular formula is C12H14O5. The topological polar surface area (TPSA) is 83.8 Å². The van der Waals surface area contributed by atoms with Crippen LogP contribution in [0.25, 0.3) is 0 Å². The third kappa shape index (κ3) is 3.79. The lowest BCUT2D eigenvalue weighted by molar-refractivity contribution is -0.136. The summed E-state index contributed by atoms with van der Waals surface area (Å²) in [5.41, 5.74) is 0.0946. The minimum Gasteiger partial charge on any atom is -0.507 e. The van der Waals surface area contributed by atoms with E-state index in [0.717, 1.165) is 0 Å². The Labute approximate surface area is 98.6 Å². The first-order valence-electron chi connectivity index (χ1n) is 5.25. The molecule has 0 bridgehead atoms. The van der Waals surface area contributed by atoms with E-state index in [-0.39, 0.29) is 24.2 Å². The Hall–Kier alpha value is -2.04. The second-order valence-electron chi connectivity index (χ2n) is 3.43. The zero-order chi connectivity index (χ0) is 12.8. The Morgan fingerprint density at radius 2 is 2.00 bits per heavy atom. The van der Waals surface area contributed by atoms with E-state index in [1.807, 2.05) is 0 Å². The first-order chi connectivity index (χ1) is 8.04. The summed E-state index contributed by atoms with van der Waals surface area (Å²) in [6, 6.07) is 4.33. The van der Waals surface area contributed by atoms with Gasteiger partial charge in [0.1, 0.15) is 11.5 Å². The van der Waals surface area contributed by atoms with Gasteiger partial charge in [0.25, 0.3) is 0 Å². The van der Waals surface area contributed by atoms with E-state index in [4.69, 9.17) is 9.84 Å². The van der Waals surface area contributed by atoms with Crippen LogP contribution in [0.3, 0.4) is 0 Å². The summed E-state index contributed by atoms with van der Waals surface area (Å²) in [6.07, 6.45) is -0.393. The zero-order valence-corrected chi connectivity index (χ0v) is 9.47. The minimum absolute atomic E-state index is 0.0946. The normalized spacial score (nSPS) is 9.94. The number of aliphatic carboxylic acids is 1. The Bertz CT molecular complexity index is 425. The van der Waals surface area contributed by atoms with Crippen LogP contribution in [0.15, 0.2) is 18.2 Å². The van der Waals surface area contributed by atoms with E-state index >= 15 is 0 Å². The molecule has 0 fully saturated rings. The van der Waals surface area contributed by atoms with Crippen molar-refractivity contribution in [2.45, 2.75) is 19.8 Å². The van der Waals surface area contributed by atoms with Gasteiger partial charge in [-0.25, -0.2) is 0 Å². The largest absolute Gasteiger partial charge is 0.507 e. The molecule has 1 aromatic rings. The van der Waals surface area contributed by atoms with Crippen molar-refractivity contribution < 1.29 is 24.5 Å². The molecule has 0 aliphatic rings. The molecule has 0 aromatic heterocycles. The lowest BCUT2D eigenvalue weighted by Gasteiger charge is -2.07. The number of carbonyl (C=O) groups excluding carboxylic acids is 1. The number of ketones is 1. The number of ether oxygens (including phenoxy) is 1. The molecule has 92 valence electrons. The summed E-state index contributed by atoms with van der Waals surface area (Å²) in [5, 5.41) is 18.0. The number of benzene rings is 1. The Balaban J connectivity index is 2.83. The second kappa shape index (κ2) is 5.89. The number of phenols is 1. The van der Waals surface area contributed by atoms with Gasteiger partial charge in [-0.2, -0.15) is 0 Å². The fraction of sp³-hybridized carbons (Fsp3) is 0.333. The van der Waals surface area contributed by atoms with E-state index in [0.29, 0.717) is 12.4 Å². The first kappa shape index (κ1) is 13.0. The predicted octanol–water partition coefficient (Wildman–Crippen LogP) is 1.84. The summed E-state index contributed by atoms with van der Waals surface area (Å²) < 4.78 is 5.20. The number of carboxylic acids is 1. The molecule has 5 nitrogen and oxygen atoms in total. The Kier molecular flexibility index (Phi) is 4.51. The van der Waals surface area contributed by atoms with Crippen molar-refractivity contribution in [3.8, 4) is 11.5 Å². The maximum atomic E-state index is 11.6. The van der Waals surface area contributed by atoms with Crippen molar-refractivity contribution in [3.63, 3.8) is 0 Å². The lowest BCUT2D eigenvalue weighted by atomic mass is 10.1. The smallest absolute Gasteiger partial charge is 0.303 e. The molecule has 0 saturated carbocycles. The third-order valence-electron chi connectivity index (χ3n) is 2.15. The Morgan fingerprint density at radius 1 is 1.29 bits per heavy atom. The summed E-state index contributed by atoms with van der Waals surface area (Å²) >= 11 is 0. The molecule has 0 saturated heterocycles. The van der Waals surface area contributed by atoms with Crippen LogP contribution in [0.2, 0.25) is 0 Å². The number of carboxylic acid groups (broad SMARTS) is 1. The van der Waals surface area contributed by atoms with Crippen LogP contribution in [0, 0.1) is 0 Å². The molecule has 0 aliphatic carbocycles. The molecule has 1 rings (SSSR count). The number of aromatic hydroxyl groups is 1. The highest BCUT2D eigenvalue weighted by molar-refractivity contribution is 6.00. The Morgan fingerprint density at radius 3 is 2.59 bits per heavy atom. The van der Waals surface area contributed by atoms with E-state index in [1.54, 1.807) is 13.0 Å². The molecular weight excluding hydrogens is 224 g/mol. The van der Waals surface area contributed by atoms with Gasteiger partial charge in [0, 0.05) is 6.42 Å². The van der Waals surface area contributed by atoms with Gasteiger partial charge in [-0.3, -0.25) is 9.59 Å². The molecule has 0 atom stereocenters. The highest BCUT2D eigenvalue weighted by Crippen LogP contribution is 2.24. The number of Topliss-reactive ketones (excluding diaryl/α,β-unsaturated/α-hetero) is 1. The highest BCUT2D eigenvalue weighted by atomic mass is 16.5. The molecule has 0 heterocycles. The van der Waals surface area contributed by atoms with Crippen molar-refractivity contribution in [2.75, 3.05) is 6.61 Å². The van der Waals surface area contributed by atoms with E-state index in [1.165, 1.54) is 12.1 Å². The van der Waals surface area contributed by atoms with Crippen molar-refractivity contribution in [3.05, 3.63) is 23.8 Å². The molecule has 17 heavy (non-hydrogen) atoms. The van der Waals surface area contributed by atoms with Crippen LogP contribution in [0.5, 0.6) is 11.5 Å². The van der Waals surface area contributed by atoms with Crippen molar-refractivity contribution in [1.82, 2.24) is 0 Å². The zero-order valence-electron chi connectivity index (χ0n) is 9.47. The molecule has 0 radical (unpaired) electrons. The van der Waals surface area contributed by atoms with Gasteiger partial charge >= 0.3 is 5.97 Å². The minimum atomic E-state index is -1.04. The third-order valence-corrected chi connectivity index (χ3v) is 2.15. The first-order valence-corrected chi connectivity index (χ1v) is 5.25. The standard InChI is InChI=1S/C12H14O5/c1-2-17-8-3-4-10(13)9(7-8)11(14)5-6-12(15)16/h3-4,7,13H,2,5-6H2,1H3,(H,15,16). The number of hydrogen-bond donors (Lipinski definition) is 2. The SMILES string of the molecule is CCOc1ccc(O)c(C(=O)CCC(=O)O)c1. The van der Waals surface area contributed by atoms with Gasteiger partial charge in [-0.1, -0.05) is 0 Å². The monoisotopic (exact) mass is 238 g/mol. The van der Waals surface area contributed by atoms with E-state index in [9.17, 15) is 14.7 Å². The average molecular weight is 238 g/mol. The van der Waals surface area contributed by atoms with Crippen molar-refractivity contribution in [2.24, 2.45) is 0 Å². The maximum Gasteiger partial charge on any atom is 0.303 e. The van der Waals surface area contributed by atoms with Gasteiger partial charge in [0.2, 0.25) is 0 Å². The molecule has 5 heteroatoms. The highest BCUT2D eigenvalue weighted by Gasteiger charge is 2.13. The van der Waals surface area contributed by atoms with Crippen LogP contribution >= 0.6 is 0 Å². The van der Waals surface area contributed by atoms with E-state index in [2.05, 4.69) is 0 Å². The number of carbonyl (C=O) groups is 2. The molecule has 0 aliphatic heterocycles. The second-order valence-corrected chi connectivity index (χ2v) is 3.43. The van der Waals surface area contributed by atoms with Gasteiger partial charge in [0.05, 0.1) is 18.6 Å². The van der Waals surface area contributed by atoms with Gasteiger partial charge in [0.15, 0.2) is 5.78 Å². The van der Waals surface area contributed by atoms with Crippen molar-refractivity contribution >= 4 is 11.8 Å². The number of phenolic OH excluding ortho intramolecular Hbond substituents is 1. The summed E-state index contributed by atoms with van der Waals surface area (Å²) in [6.45, 7) is 2.26. The van der Waals surface area contributed by atoms with Crippen LogP contribution in [-0.2, 0) is 4.79 Å². The quantitative estimate of drug-likeness (QED) is 0.739. The molecule has 1 aromatic carbocycles. The maximum absolute atomic E-state index is 11.6. The summed E-state index contributed by atoms with van der Waals surface area (Å²) in [5.74, 6) is -1.14. The van der Waals surface area contributed by atoms with Crippen LogP contribution in [-0.4, -0.2) is 28.6 Å². The predicted molar refractivity (Wildman–Crippen MR) is 60.5 cm³/mol. The number of hydrogen-bond acceptors (Lipinski definition) is 4. The molecule has 2 N–H and O–H groups in total. The van der Waals surface area contributed by atoms with Crippen LogP contribution in [0.1, 0.15) is 30.1 Å². The summed E-state index contributed by atoms with van der Waals surface area (Å²) in [4.78, 5) is 22.0. The molecule has 0 spiro atoms. The molecule has 0 unspecified atom stereocenters. The van der Waals surface area contributed by atoms with Crippen molar-refractivity contribution in [1.29, 1.82) is 0 Å². The lowest BCUT2D eigenvalue weighted by Crippen LogP contribution is -2.04. The van der Waals surface area contributed by atoms with Gasteiger partial charge in [-0.15, -0.1) is 0 Å². The fourth-order valence-corrected chi connectivity index (χ4v) is 1.35. The van der Waals surface area contributed by atoms with Crippen LogP contribution in [0.4, 0.5) is 0 Å². The number of rotatable bonds is 6. The fourth-order valence-electron chi connectivity index (χ4n) is 1.35. The van der Waals surface area contributed by atoms with Gasteiger partial charge < -0.3 is 14.9 Å². The average Bonchev–Trinajstić information content (AvgIpc) is 2.29. The molecule has 0 amide bonds. The summed E-state index contributed by atoms with van der Waals surface area (Å²) in [7, 11) is 0. The van der Waals surface area contributed by atoms with E-state index < -0.39 is 11.8 Å². The van der Waals surface area contributed by atoms with Gasteiger partial charge in [-0.05, 0) is 25.1 Å². The van der Waals surface area contributed by atoms with Crippen LogP contribution < -0.4 is 4.74 Å².